The number of allylic oxidation sites excluding steroid dienone is 1. The maximum atomic E-state index is 4.14. The third-order valence-electron chi connectivity index (χ3n) is 2.06. The normalized spacial score (nSPS) is 18.3. The quantitative estimate of drug-likeness (QED) is 0.548. The number of hydrogen-bond donors (Lipinski definition) is 0. The predicted octanol–water partition coefficient (Wildman–Crippen LogP) is 0.720. The Kier molecular flexibility index (Phi) is 0.935. The molecule has 0 amide bonds. The van der Waals surface area contributed by atoms with Crippen molar-refractivity contribution in [3.8, 4) is 0 Å². The van der Waals surface area contributed by atoms with Crippen molar-refractivity contribution in [3.05, 3.63) is 23.9 Å². The van der Waals surface area contributed by atoms with E-state index in [0.717, 1.165) is 23.6 Å². The number of imidazole rings is 1. The first kappa shape index (κ1) is 5.88. The minimum atomic E-state index is 0.793. The molecule has 1 aromatic heterocycles. The molecule has 0 fully saturated rings. The van der Waals surface area contributed by atoms with E-state index in [-0.39, 0.29) is 0 Å². The van der Waals surface area contributed by atoms with Gasteiger partial charge in [-0.15, -0.1) is 0 Å². The van der Waals surface area contributed by atoms with Crippen LogP contribution in [0.25, 0.3) is 6.08 Å². The molecule has 3 heterocycles. The zero-order chi connectivity index (χ0) is 7.97. The summed E-state index contributed by atoms with van der Waals surface area (Å²) in [4.78, 5) is 12.3. The first-order valence-electron chi connectivity index (χ1n) is 3.75. The Morgan fingerprint density at radius 1 is 1.42 bits per heavy atom. The highest BCUT2D eigenvalue weighted by Crippen LogP contribution is 2.18. The summed E-state index contributed by atoms with van der Waals surface area (Å²) < 4.78 is 2.05. The largest absolute Gasteiger partial charge is 0.325 e. The maximum absolute atomic E-state index is 4.14. The van der Waals surface area contributed by atoms with Crippen LogP contribution in [0.3, 0.4) is 0 Å². The van der Waals surface area contributed by atoms with Crippen molar-refractivity contribution < 1.29 is 0 Å². The highest BCUT2D eigenvalue weighted by atomic mass is 15.1. The average Bonchev–Trinajstić information content (AvgIpc) is 2.64. The Morgan fingerprint density at radius 3 is 3.42 bits per heavy atom. The van der Waals surface area contributed by atoms with Crippen LogP contribution in [-0.2, 0) is 6.54 Å². The van der Waals surface area contributed by atoms with Crippen molar-refractivity contribution in [2.75, 3.05) is 0 Å². The van der Waals surface area contributed by atoms with E-state index >= 15 is 0 Å². The second-order valence-corrected chi connectivity index (χ2v) is 2.80. The van der Waals surface area contributed by atoms with Gasteiger partial charge in [0.25, 0.3) is 0 Å². The zero-order valence-corrected chi connectivity index (χ0v) is 6.31. The highest BCUT2D eigenvalue weighted by molar-refractivity contribution is 6.11. The Hall–Kier alpha value is -1.71. The van der Waals surface area contributed by atoms with E-state index in [0.29, 0.717) is 0 Å². The molecule has 0 unspecified atom stereocenters. The molecule has 0 aromatic carbocycles. The van der Waals surface area contributed by atoms with E-state index in [4.69, 9.17) is 0 Å². The first-order chi connectivity index (χ1) is 5.93. The molecule has 4 nitrogen and oxygen atoms in total. The molecular weight excluding hydrogens is 152 g/mol. The van der Waals surface area contributed by atoms with Crippen LogP contribution in [0.5, 0.6) is 0 Å². The monoisotopic (exact) mass is 158 g/mol. The van der Waals surface area contributed by atoms with Gasteiger partial charge in [0.2, 0.25) is 0 Å². The predicted molar refractivity (Wildman–Crippen MR) is 46.1 cm³/mol. The summed E-state index contributed by atoms with van der Waals surface area (Å²) in [5.74, 6) is 0. The van der Waals surface area contributed by atoms with Crippen LogP contribution in [0, 0.1) is 0 Å². The fraction of sp³-hybridized carbons (Fsp3) is 0.125. The van der Waals surface area contributed by atoms with Crippen molar-refractivity contribution in [2.45, 2.75) is 6.54 Å². The topological polar surface area (TPSA) is 42.5 Å². The van der Waals surface area contributed by atoms with Gasteiger partial charge in [-0.05, 0) is 6.08 Å². The molecule has 3 rings (SSSR count). The summed E-state index contributed by atoms with van der Waals surface area (Å²) >= 11 is 0. The van der Waals surface area contributed by atoms with Gasteiger partial charge < -0.3 is 4.57 Å². The lowest BCUT2D eigenvalue weighted by Gasteiger charge is -2.11. The molecule has 0 saturated carbocycles. The van der Waals surface area contributed by atoms with E-state index in [2.05, 4.69) is 19.5 Å². The smallest absolute Gasteiger partial charge is 0.116 e. The molecule has 2 aliphatic heterocycles. The van der Waals surface area contributed by atoms with Gasteiger partial charge >= 0.3 is 0 Å². The summed E-state index contributed by atoms with van der Waals surface area (Å²) in [5, 5.41) is 0. The fourth-order valence-corrected chi connectivity index (χ4v) is 1.43. The van der Waals surface area contributed by atoms with Gasteiger partial charge in [-0.1, -0.05) is 0 Å². The van der Waals surface area contributed by atoms with Crippen LogP contribution < -0.4 is 0 Å². The molecule has 0 atom stereocenters. The molecule has 0 bridgehead atoms. The van der Waals surface area contributed by atoms with E-state index in [9.17, 15) is 0 Å². The number of aromatic nitrogens is 2. The Bertz CT molecular complexity index is 422. The number of hydrogen-bond acceptors (Lipinski definition) is 3. The molecule has 0 spiro atoms. The Balaban J connectivity index is 2.23. The maximum Gasteiger partial charge on any atom is 0.116 e. The molecule has 0 N–H and O–H groups in total. The van der Waals surface area contributed by atoms with Crippen molar-refractivity contribution in [1.82, 2.24) is 9.55 Å². The van der Waals surface area contributed by atoms with Crippen LogP contribution >= 0.6 is 0 Å². The minimum absolute atomic E-state index is 0.793. The lowest BCUT2D eigenvalue weighted by Crippen LogP contribution is -2.14. The number of nitrogens with zero attached hydrogens (tertiary/aromatic N) is 4. The van der Waals surface area contributed by atoms with Crippen LogP contribution in [0.15, 0.2) is 28.2 Å². The summed E-state index contributed by atoms with van der Waals surface area (Å²) in [6.45, 7) is 0.793. The molecule has 4 heteroatoms. The van der Waals surface area contributed by atoms with Gasteiger partial charge in [0, 0.05) is 0 Å². The van der Waals surface area contributed by atoms with Gasteiger partial charge in [0.05, 0.1) is 36.2 Å². The molecule has 58 valence electrons. The van der Waals surface area contributed by atoms with E-state index in [1.54, 1.807) is 6.34 Å². The van der Waals surface area contributed by atoms with Crippen molar-refractivity contribution in [1.29, 1.82) is 0 Å². The van der Waals surface area contributed by atoms with Crippen LogP contribution in [-0.4, -0.2) is 21.6 Å². The van der Waals surface area contributed by atoms with Gasteiger partial charge in [-0.3, -0.25) is 0 Å². The summed E-state index contributed by atoms with van der Waals surface area (Å²) in [5.41, 5.74) is 3.10. The van der Waals surface area contributed by atoms with Crippen molar-refractivity contribution in [3.63, 3.8) is 0 Å². The van der Waals surface area contributed by atoms with E-state index < -0.39 is 0 Å². The highest BCUT2D eigenvalue weighted by Gasteiger charge is 2.17. The average molecular weight is 158 g/mol. The van der Waals surface area contributed by atoms with Crippen molar-refractivity contribution in [2.24, 2.45) is 9.98 Å². The van der Waals surface area contributed by atoms with Crippen LogP contribution in [0.4, 0.5) is 0 Å². The van der Waals surface area contributed by atoms with Gasteiger partial charge in [-0.2, -0.15) is 0 Å². The minimum Gasteiger partial charge on any atom is -0.325 e. The fourth-order valence-electron chi connectivity index (χ4n) is 1.43. The standard InChI is InChI=1S/C8H6N4/c1-6-2-9-5-12(6)3-8-7(1)10-4-11-8/h1-2,4-5H,3H2. The van der Waals surface area contributed by atoms with Gasteiger partial charge in [-0.25, -0.2) is 15.0 Å². The third-order valence-corrected chi connectivity index (χ3v) is 2.06. The molecular formula is C8H6N4. The van der Waals surface area contributed by atoms with Gasteiger partial charge in [0.1, 0.15) is 6.34 Å². The SMILES string of the molecule is C1=NC2=Cc3cncn3CC2=N1. The third kappa shape index (κ3) is 0.637. The number of fused-ring (bicyclic) bond motifs is 2. The van der Waals surface area contributed by atoms with E-state index in [1.807, 2.05) is 18.6 Å². The molecule has 0 radical (unpaired) electrons. The molecule has 0 aliphatic carbocycles. The molecule has 1 aromatic rings. The Labute approximate surface area is 69.0 Å². The summed E-state index contributed by atoms with van der Waals surface area (Å²) in [7, 11) is 0. The molecule has 12 heavy (non-hydrogen) atoms. The van der Waals surface area contributed by atoms with Gasteiger partial charge in [0.15, 0.2) is 0 Å². The second-order valence-electron chi connectivity index (χ2n) is 2.80. The molecule has 2 aliphatic rings. The first-order valence-corrected chi connectivity index (χ1v) is 3.75. The second kappa shape index (κ2) is 1.91. The number of aliphatic imine (C=N–C) groups is 2. The number of rotatable bonds is 0. The lowest BCUT2D eigenvalue weighted by molar-refractivity contribution is 0.833. The lowest BCUT2D eigenvalue weighted by atomic mass is 10.2. The Morgan fingerprint density at radius 2 is 2.42 bits per heavy atom. The van der Waals surface area contributed by atoms with Crippen molar-refractivity contribution >= 4 is 18.1 Å². The van der Waals surface area contributed by atoms with Crippen LogP contribution in [0.1, 0.15) is 5.69 Å². The summed E-state index contributed by atoms with van der Waals surface area (Å²) in [6.07, 6.45) is 7.24. The zero-order valence-electron chi connectivity index (χ0n) is 6.31. The van der Waals surface area contributed by atoms with Crippen LogP contribution in [0.2, 0.25) is 0 Å². The summed E-state index contributed by atoms with van der Waals surface area (Å²) in [6, 6.07) is 0. The van der Waals surface area contributed by atoms with E-state index in [1.165, 1.54) is 0 Å². The molecule has 0 saturated heterocycles.